The van der Waals surface area contributed by atoms with Gasteiger partial charge in [0.2, 0.25) is 0 Å². The van der Waals surface area contributed by atoms with Crippen LogP contribution in [0.2, 0.25) is 0 Å². The van der Waals surface area contributed by atoms with Crippen molar-refractivity contribution in [2.75, 3.05) is 19.8 Å². The first kappa shape index (κ1) is 12.9. The van der Waals surface area contributed by atoms with E-state index in [1.165, 1.54) is 5.56 Å². The minimum atomic E-state index is 0.279. The fourth-order valence-corrected chi connectivity index (χ4v) is 2.40. The Morgan fingerprint density at radius 3 is 2.82 bits per heavy atom. The summed E-state index contributed by atoms with van der Waals surface area (Å²) in [5.74, 6) is 0.963. The SMILES string of the molecule is NCCc1cc(Br)ccc1OC1CCOCC1. The third kappa shape index (κ3) is 3.69. The lowest BCUT2D eigenvalue weighted by molar-refractivity contribution is 0.0252. The molecule has 1 heterocycles. The zero-order valence-corrected chi connectivity index (χ0v) is 11.4. The lowest BCUT2D eigenvalue weighted by Gasteiger charge is -2.24. The Bertz CT molecular complexity index is 364. The summed E-state index contributed by atoms with van der Waals surface area (Å²) in [6.45, 7) is 2.24. The molecule has 0 bridgehead atoms. The first-order valence-corrected chi connectivity index (χ1v) is 6.82. The number of benzene rings is 1. The number of rotatable bonds is 4. The van der Waals surface area contributed by atoms with Crippen LogP contribution in [0.15, 0.2) is 22.7 Å². The topological polar surface area (TPSA) is 44.5 Å². The van der Waals surface area contributed by atoms with Gasteiger partial charge >= 0.3 is 0 Å². The van der Waals surface area contributed by atoms with Crippen LogP contribution in [-0.2, 0) is 11.2 Å². The summed E-state index contributed by atoms with van der Waals surface area (Å²) in [5.41, 5.74) is 6.80. The van der Waals surface area contributed by atoms with Crippen LogP contribution in [0.3, 0.4) is 0 Å². The van der Waals surface area contributed by atoms with E-state index in [0.29, 0.717) is 6.54 Å². The number of hydrogen-bond acceptors (Lipinski definition) is 3. The number of nitrogens with two attached hydrogens (primary N) is 1. The lowest BCUT2D eigenvalue weighted by Crippen LogP contribution is -2.26. The van der Waals surface area contributed by atoms with Gasteiger partial charge in [-0.2, -0.15) is 0 Å². The van der Waals surface area contributed by atoms with Crippen molar-refractivity contribution >= 4 is 15.9 Å². The normalized spacial score (nSPS) is 17.1. The standard InChI is InChI=1S/C13H18BrNO2/c14-11-1-2-13(10(9-11)3-6-15)17-12-4-7-16-8-5-12/h1-2,9,12H,3-8,15H2. The van der Waals surface area contributed by atoms with Crippen LogP contribution in [0, 0.1) is 0 Å². The summed E-state index contributed by atoms with van der Waals surface area (Å²) in [7, 11) is 0. The summed E-state index contributed by atoms with van der Waals surface area (Å²) in [6, 6.07) is 6.11. The van der Waals surface area contributed by atoms with Crippen molar-refractivity contribution in [2.45, 2.75) is 25.4 Å². The van der Waals surface area contributed by atoms with Crippen molar-refractivity contribution in [3.8, 4) is 5.75 Å². The van der Waals surface area contributed by atoms with E-state index >= 15 is 0 Å². The minimum absolute atomic E-state index is 0.279. The van der Waals surface area contributed by atoms with Crippen molar-refractivity contribution < 1.29 is 9.47 Å². The molecule has 2 rings (SSSR count). The van der Waals surface area contributed by atoms with Crippen molar-refractivity contribution in [3.05, 3.63) is 28.2 Å². The Morgan fingerprint density at radius 2 is 2.12 bits per heavy atom. The van der Waals surface area contributed by atoms with E-state index in [-0.39, 0.29) is 6.10 Å². The molecule has 1 fully saturated rings. The second-order valence-electron chi connectivity index (χ2n) is 4.22. The Morgan fingerprint density at radius 1 is 1.35 bits per heavy atom. The monoisotopic (exact) mass is 299 g/mol. The Kier molecular flexibility index (Phi) is 4.83. The van der Waals surface area contributed by atoms with E-state index in [1.54, 1.807) is 0 Å². The predicted molar refractivity (Wildman–Crippen MR) is 71.4 cm³/mol. The van der Waals surface area contributed by atoms with Crippen LogP contribution >= 0.6 is 15.9 Å². The highest BCUT2D eigenvalue weighted by Gasteiger charge is 2.16. The van der Waals surface area contributed by atoms with Crippen molar-refractivity contribution in [2.24, 2.45) is 5.73 Å². The molecule has 1 aliphatic rings. The highest BCUT2D eigenvalue weighted by molar-refractivity contribution is 9.10. The zero-order chi connectivity index (χ0) is 12.1. The summed E-state index contributed by atoms with van der Waals surface area (Å²) in [4.78, 5) is 0. The van der Waals surface area contributed by atoms with Crippen LogP contribution in [0.4, 0.5) is 0 Å². The van der Waals surface area contributed by atoms with E-state index in [4.69, 9.17) is 15.2 Å². The van der Waals surface area contributed by atoms with Gasteiger partial charge in [-0.3, -0.25) is 0 Å². The summed E-state index contributed by atoms with van der Waals surface area (Å²) >= 11 is 3.48. The van der Waals surface area contributed by atoms with Gasteiger partial charge in [-0.15, -0.1) is 0 Å². The molecule has 17 heavy (non-hydrogen) atoms. The first-order chi connectivity index (χ1) is 8.29. The molecule has 0 amide bonds. The maximum atomic E-state index is 6.04. The van der Waals surface area contributed by atoms with E-state index in [1.807, 2.05) is 12.1 Å². The van der Waals surface area contributed by atoms with Gasteiger partial charge in [-0.25, -0.2) is 0 Å². The van der Waals surface area contributed by atoms with Gasteiger partial charge in [-0.1, -0.05) is 15.9 Å². The summed E-state index contributed by atoms with van der Waals surface area (Å²) in [6.07, 6.45) is 3.07. The molecule has 0 radical (unpaired) electrons. The second-order valence-corrected chi connectivity index (χ2v) is 5.14. The third-order valence-electron chi connectivity index (χ3n) is 2.90. The molecule has 1 aliphatic heterocycles. The number of ether oxygens (including phenoxy) is 2. The first-order valence-electron chi connectivity index (χ1n) is 6.02. The van der Waals surface area contributed by atoms with E-state index in [2.05, 4.69) is 22.0 Å². The largest absolute Gasteiger partial charge is 0.490 e. The third-order valence-corrected chi connectivity index (χ3v) is 3.39. The fraction of sp³-hybridized carbons (Fsp3) is 0.538. The van der Waals surface area contributed by atoms with Crippen molar-refractivity contribution in [1.29, 1.82) is 0 Å². The zero-order valence-electron chi connectivity index (χ0n) is 9.82. The van der Waals surface area contributed by atoms with Crippen LogP contribution < -0.4 is 10.5 Å². The van der Waals surface area contributed by atoms with Crippen LogP contribution in [0.1, 0.15) is 18.4 Å². The quantitative estimate of drug-likeness (QED) is 0.929. The van der Waals surface area contributed by atoms with Gasteiger partial charge in [0.15, 0.2) is 0 Å². The molecule has 94 valence electrons. The Balaban J connectivity index is 2.07. The average Bonchev–Trinajstić information content (AvgIpc) is 2.34. The van der Waals surface area contributed by atoms with Crippen LogP contribution in [0.5, 0.6) is 5.75 Å². The fourth-order valence-electron chi connectivity index (χ4n) is 1.99. The summed E-state index contributed by atoms with van der Waals surface area (Å²) < 4.78 is 12.4. The van der Waals surface area contributed by atoms with Gasteiger partial charge in [0.25, 0.3) is 0 Å². The van der Waals surface area contributed by atoms with E-state index in [0.717, 1.165) is 42.7 Å². The smallest absolute Gasteiger partial charge is 0.123 e. The molecular formula is C13H18BrNO2. The van der Waals surface area contributed by atoms with Crippen LogP contribution in [-0.4, -0.2) is 25.9 Å². The van der Waals surface area contributed by atoms with Crippen molar-refractivity contribution in [1.82, 2.24) is 0 Å². The maximum absolute atomic E-state index is 6.04. The molecular weight excluding hydrogens is 282 g/mol. The maximum Gasteiger partial charge on any atom is 0.123 e. The number of hydrogen-bond donors (Lipinski definition) is 1. The molecule has 0 unspecified atom stereocenters. The molecule has 3 nitrogen and oxygen atoms in total. The number of halogens is 1. The molecule has 1 aromatic rings. The lowest BCUT2D eigenvalue weighted by atomic mass is 10.1. The van der Waals surface area contributed by atoms with E-state index < -0.39 is 0 Å². The molecule has 1 aromatic carbocycles. The molecule has 0 aromatic heterocycles. The van der Waals surface area contributed by atoms with Gasteiger partial charge in [0, 0.05) is 17.3 Å². The molecule has 0 atom stereocenters. The second kappa shape index (κ2) is 6.38. The summed E-state index contributed by atoms with van der Waals surface area (Å²) in [5, 5.41) is 0. The molecule has 0 aliphatic carbocycles. The highest BCUT2D eigenvalue weighted by atomic mass is 79.9. The van der Waals surface area contributed by atoms with Crippen molar-refractivity contribution in [3.63, 3.8) is 0 Å². The van der Waals surface area contributed by atoms with Gasteiger partial charge in [0.1, 0.15) is 11.9 Å². The Hall–Kier alpha value is -0.580. The van der Waals surface area contributed by atoms with Gasteiger partial charge < -0.3 is 15.2 Å². The minimum Gasteiger partial charge on any atom is -0.490 e. The molecule has 0 spiro atoms. The van der Waals surface area contributed by atoms with Gasteiger partial charge in [0.05, 0.1) is 13.2 Å². The molecule has 0 saturated carbocycles. The average molecular weight is 300 g/mol. The molecule has 2 N–H and O–H groups in total. The predicted octanol–water partition coefficient (Wildman–Crippen LogP) is 2.51. The van der Waals surface area contributed by atoms with Crippen LogP contribution in [0.25, 0.3) is 0 Å². The Labute approximate surface area is 110 Å². The van der Waals surface area contributed by atoms with Gasteiger partial charge in [-0.05, 0) is 36.7 Å². The highest BCUT2D eigenvalue weighted by Crippen LogP contribution is 2.26. The molecule has 4 heteroatoms. The van der Waals surface area contributed by atoms with E-state index in [9.17, 15) is 0 Å². The molecule has 1 saturated heterocycles.